The van der Waals surface area contributed by atoms with Gasteiger partial charge in [-0.15, -0.1) is 11.3 Å². The number of hydrogen-bond acceptors (Lipinski definition) is 7. The van der Waals surface area contributed by atoms with E-state index in [9.17, 15) is 9.59 Å². The molecule has 1 aliphatic rings. The van der Waals surface area contributed by atoms with Crippen molar-refractivity contribution in [2.75, 3.05) is 32.7 Å². The number of hydrazine groups is 1. The molecule has 2 amide bonds. The molecule has 3 aromatic heterocycles. The highest BCUT2D eigenvalue weighted by Crippen LogP contribution is 2.10. The molecule has 0 unspecified atom stereocenters. The van der Waals surface area contributed by atoms with Gasteiger partial charge in [-0.2, -0.15) is 0 Å². The summed E-state index contributed by atoms with van der Waals surface area (Å²) in [6.07, 6.45) is 4.23. The van der Waals surface area contributed by atoms with E-state index < -0.39 is 0 Å². The standard InChI is InChI=1S/C20H25N7O2S/c1-15-14-30-20(21-15)10-18(28)23-24-19(29)13-26-8-6-25(7-9-26)11-16-12-27-5-3-2-4-17(27)22-16/h2-5,12,14H,6-11,13H2,1H3,(H,23,28)(H,24,29). The summed E-state index contributed by atoms with van der Waals surface area (Å²) >= 11 is 1.44. The summed E-state index contributed by atoms with van der Waals surface area (Å²) in [6, 6.07) is 5.97. The van der Waals surface area contributed by atoms with Gasteiger partial charge in [0.2, 0.25) is 5.91 Å². The number of aromatic nitrogens is 3. The van der Waals surface area contributed by atoms with Crippen molar-refractivity contribution in [1.29, 1.82) is 0 Å². The maximum absolute atomic E-state index is 12.1. The van der Waals surface area contributed by atoms with E-state index in [1.807, 2.05) is 41.1 Å². The van der Waals surface area contributed by atoms with Crippen molar-refractivity contribution < 1.29 is 9.59 Å². The number of fused-ring (bicyclic) bond motifs is 1. The molecule has 4 rings (SSSR count). The minimum Gasteiger partial charge on any atom is -0.307 e. The predicted molar refractivity (Wildman–Crippen MR) is 114 cm³/mol. The van der Waals surface area contributed by atoms with Crippen LogP contribution in [0.5, 0.6) is 0 Å². The topological polar surface area (TPSA) is 94.9 Å². The first-order valence-electron chi connectivity index (χ1n) is 9.91. The van der Waals surface area contributed by atoms with Crippen molar-refractivity contribution in [3.05, 3.63) is 52.4 Å². The van der Waals surface area contributed by atoms with E-state index in [0.717, 1.165) is 54.8 Å². The molecule has 0 saturated carbocycles. The molecule has 2 N–H and O–H groups in total. The Balaban J connectivity index is 1.16. The lowest BCUT2D eigenvalue weighted by Crippen LogP contribution is -2.51. The number of piperazine rings is 1. The minimum absolute atomic E-state index is 0.167. The van der Waals surface area contributed by atoms with E-state index in [2.05, 4.69) is 36.8 Å². The summed E-state index contributed by atoms with van der Waals surface area (Å²) in [5.41, 5.74) is 7.85. The fraction of sp³-hybridized carbons (Fsp3) is 0.400. The molecule has 30 heavy (non-hydrogen) atoms. The van der Waals surface area contributed by atoms with Crippen molar-refractivity contribution in [1.82, 2.24) is 35.0 Å². The molecule has 0 radical (unpaired) electrons. The third-order valence-corrected chi connectivity index (χ3v) is 5.92. The van der Waals surface area contributed by atoms with Gasteiger partial charge in [0.1, 0.15) is 10.7 Å². The first-order valence-corrected chi connectivity index (χ1v) is 10.8. The Bertz CT molecular complexity index is 990. The summed E-state index contributed by atoms with van der Waals surface area (Å²) in [5.74, 6) is -0.484. The molecule has 1 saturated heterocycles. The van der Waals surface area contributed by atoms with Gasteiger partial charge < -0.3 is 4.40 Å². The van der Waals surface area contributed by atoms with Gasteiger partial charge in [-0.05, 0) is 19.1 Å². The Kier molecular flexibility index (Phi) is 6.36. The van der Waals surface area contributed by atoms with Crippen LogP contribution in [0.25, 0.3) is 5.65 Å². The van der Waals surface area contributed by atoms with E-state index >= 15 is 0 Å². The largest absolute Gasteiger partial charge is 0.307 e. The minimum atomic E-state index is -0.269. The Morgan fingerprint density at radius 3 is 2.57 bits per heavy atom. The first kappa shape index (κ1) is 20.5. The molecule has 158 valence electrons. The summed E-state index contributed by atoms with van der Waals surface area (Å²) in [6.45, 7) is 6.29. The quantitative estimate of drug-likeness (QED) is 0.560. The zero-order chi connectivity index (χ0) is 20.9. The van der Waals surface area contributed by atoms with Gasteiger partial charge >= 0.3 is 0 Å². The number of carbonyl (C=O) groups is 2. The molecular weight excluding hydrogens is 402 g/mol. The SMILES string of the molecule is Cc1csc(CC(=O)NNC(=O)CN2CCN(Cc3cn4ccccc4n3)CC2)n1. The van der Waals surface area contributed by atoms with Gasteiger partial charge in [-0.3, -0.25) is 30.2 Å². The highest BCUT2D eigenvalue weighted by atomic mass is 32.1. The van der Waals surface area contributed by atoms with Crippen LogP contribution in [-0.4, -0.2) is 68.7 Å². The molecule has 0 bridgehead atoms. The number of hydrogen-bond donors (Lipinski definition) is 2. The third kappa shape index (κ3) is 5.41. The number of nitrogens with one attached hydrogen (secondary N) is 2. The average molecular weight is 428 g/mol. The number of amides is 2. The van der Waals surface area contributed by atoms with Crippen molar-refractivity contribution in [3.63, 3.8) is 0 Å². The van der Waals surface area contributed by atoms with Crippen LogP contribution in [-0.2, 0) is 22.6 Å². The summed E-state index contributed by atoms with van der Waals surface area (Å²) in [5, 5.41) is 2.64. The van der Waals surface area contributed by atoms with Crippen molar-refractivity contribution in [2.24, 2.45) is 0 Å². The van der Waals surface area contributed by atoms with E-state index in [4.69, 9.17) is 0 Å². The second-order valence-electron chi connectivity index (χ2n) is 7.41. The lowest BCUT2D eigenvalue weighted by molar-refractivity contribution is -0.129. The van der Waals surface area contributed by atoms with Crippen LogP contribution in [0.1, 0.15) is 16.4 Å². The smallest absolute Gasteiger partial charge is 0.252 e. The predicted octanol–water partition coefficient (Wildman–Crippen LogP) is 0.607. The van der Waals surface area contributed by atoms with Crippen LogP contribution in [0, 0.1) is 6.92 Å². The lowest BCUT2D eigenvalue weighted by atomic mass is 10.3. The Morgan fingerprint density at radius 1 is 1.07 bits per heavy atom. The molecule has 0 atom stereocenters. The van der Waals surface area contributed by atoms with Crippen molar-refractivity contribution >= 4 is 28.8 Å². The van der Waals surface area contributed by atoms with Gasteiger partial charge in [0.05, 0.1) is 18.7 Å². The van der Waals surface area contributed by atoms with Gasteiger partial charge in [-0.25, -0.2) is 9.97 Å². The van der Waals surface area contributed by atoms with Crippen LogP contribution < -0.4 is 10.9 Å². The average Bonchev–Trinajstić information content (AvgIpc) is 3.33. The number of rotatable bonds is 6. The van der Waals surface area contributed by atoms with E-state index in [1.54, 1.807) is 0 Å². The molecule has 3 aromatic rings. The Labute approximate surface area is 178 Å². The fourth-order valence-electron chi connectivity index (χ4n) is 3.45. The number of nitrogens with zero attached hydrogens (tertiary/aromatic N) is 5. The second kappa shape index (κ2) is 9.33. The second-order valence-corrected chi connectivity index (χ2v) is 8.35. The molecular formula is C20H25N7O2S. The van der Waals surface area contributed by atoms with Crippen LogP contribution in [0.15, 0.2) is 36.0 Å². The maximum Gasteiger partial charge on any atom is 0.252 e. The number of carbonyl (C=O) groups excluding carboxylic acids is 2. The molecule has 10 heteroatoms. The lowest BCUT2D eigenvalue weighted by Gasteiger charge is -2.33. The van der Waals surface area contributed by atoms with E-state index in [1.165, 1.54) is 11.3 Å². The molecule has 0 spiro atoms. The summed E-state index contributed by atoms with van der Waals surface area (Å²) in [7, 11) is 0. The van der Waals surface area contributed by atoms with Crippen LogP contribution in [0.2, 0.25) is 0 Å². The molecule has 1 aliphatic heterocycles. The van der Waals surface area contributed by atoms with Gasteiger partial charge in [0.25, 0.3) is 5.91 Å². The zero-order valence-corrected chi connectivity index (χ0v) is 17.7. The van der Waals surface area contributed by atoms with Crippen LogP contribution in [0.3, 0.4) is 0 Å². The number of thiazole rings is 1. The highest BCUT2D eigenvalue weighted by molar-refractivity contribution is 7.09. The molecule has 0 aliphatic carbocycles. The maximum atomic E-state index is 12.1. The summed E-state index contributed by atoms with van der Waals surface area (Å²) < 4.78 is 2.03. The Morgan fingerprint density at radius 2 is 1.83 bits per heavy atom. The highest BCUT2D eigenvalue weighted by Gasteiger charge is 2.20. The monoisotopic (exact) mass is 427 g/mol. The molecule has 1 fully saturated rings. The summed E-state index contributed by atoms with van der Waals surface area (Å²) in [4.78, 5) is 37.4. The van der Waals surface area contributed by atoms with Crippen LogP contribution >= 0.6 is 11.3 Å². The Hall–Kier alpha value is -2.82. The van der Waals surface area contributed by atoms with E-state index in [0.29, 0.717) is 0 Å². The first-order chi connectivity index (χ1) is 14.5. The van der Waals surface area contributed by atoms with Gasteiger partial charge in [0, 0.05) is 56.2 Å². The van der Waals surface area contributed by atoms with E-state index in [-0.39, 0.29) is 24.8 Å². The third-order valence-electron chi connectivity index (χ3n) is 4.95. The van der Waals surface area contributed by atoms with Crippen LogP contribution in [0.4, 0.5) is 0 Å². The molecule has 4 heterocycles. The molecule has 9 nitrogen and oxygen atoms in total. The number of imidazole rings is 1. The van der Waals surface area contributed by atoms with Crippen molar-refractivity contribution in [2.45, 2.75) is 19.9 Å². The van der Waals surface area contributed by atoms with Gasteiger partial charge in [0.15, 0.2) is 0 Å². The van der Waals surface area contributed by atoms with Gasteiger partial charge in [-0.1, -0.05) is 6.07 Å². The normalized spacial score (nSPS) is 15.4. The zero-order valence-electron chi connectivity index (χ0n) is 16.9. The fourth-order valence-corrected chi connectivity index (χ4v) is 4.22. The number of pyridine rings is 1. The molecule has 0 aromatic carbocycles. The van der Waals surface area contributed by atoms with Crippen molar-refractivity contribution in [3.8, 4) is 0 Å². The number of aryl methyl sites for hydroxylation is 1.